The van der Waals surface area contributed by atoms with Gasteiger partial charge in [0.05, 0.1) is 12.6 Å². The quantitative estimate of drug-likeness (QED) is 0.752. The van der Waals surface area contributed by atoms with Gasteiger partial charge in [-0.05, 0) is 30.4 Å². The minimum atomic E-state index is -0.109. The molecule has 1 unspecified atom stereocenters. The van der Waals surface area contributed by atoms with Crippen LogP contribution in [0.3, 0.4) is 0 Å². The summed E-state index contributed by atoms with van der Waals surface area (Å²) in [6.45, 7) is 1.55. The Morgan fingerprint density at radius 2 is 2.29 bits per heavy atom. The second-order valence-electron chi connectivity index (χ2n) is 5.25. The molecule has 0 aromatic heterocycles. The number of rotatable bonds is 7. The topological polar surface area (TPSA) is 61.8 Å². The third-order valence-corrected chi connectivity index (χ3v) is 3.88. The van der Waals surface area contributed by atoms with Gasteiger partial charge in [-0.3, -0.25) is 0 Å². The molecule has 5 heteroatoms. The molecule has 1 aliphatic rings. The number of aliphatic hydroxyl groups is 1. The van der Waals surface area contributed by atoms with Gasteiger partial charge in [-0.15, -0.1) is 0 Å². The van der Waals surface area contributed by atoms with Crippen LogP contribution in [0, 0.1) is 0 Å². The molecule has 0 bridgehead atoms. The van der Waals surface area contributed by atoms with E-state index in [9.17, 15) is 9.90 Å². The Labute approximate surface area is 125 Å². The van der Waals surface area contributed by atoms with Crippen molar-refractivity contribution in [3.8, 4) is 0 Å². The predicted octanol–water partition coefficient (Wildman–Crippen LogP) is 1.71. The van der Waals surface area contributed by atoms with E-state index >= 15 is 0 Å². The minimum Gasteiger partial charge on any atom is -0.395 e. The number of aliphatic hydroxyl groups excluding tert-OH is 1. The van der Waals surface area contributed by atoms with Crippen LogP contribution in [0.1, 0.15) is 30.0 Å². The zero-order valence-electron chi connectivity index (χ0n) is 12.5. The van der Waals surface area contributed by atoms with Crippen LogP contribution < -0.4 is 5.32 Å². The highest BCUT2D eigenvalue weighted by molar-refractivity contribution is 5.75. The maximum absolute atomic E-state index is 12.4. The van der Waals surface area contributed by atoms with Gasteiger partial charge in [-0.2, -0.15) is 0 Å². The fourth-order valence-electron chi connectivity index (χ4n) is 2.88. The van der Waals surface area contributed by atoms with Gasteiger partial charge in [0.25, 0.3) is 0 Å². The molecule has 0 saturated heterocycles. The van der Waals surface area contributed by atoms with Gasteiger partial charge in [0, 0.05) is 26.8 Å². The lowest BCUT2D eigenvalue weighted by atomic mass is 10.1. The van der Waals surface area contributed by atoms with Gasteiger partial charge < -0.3 is 20.1 Å². The lowest BCUT2D eigenvalue weighted by Crippen LogP contribution is -2.43. The van der Waals surface area contributed by atoms with E-state index in [0.29, 0.717) is 19.7 Å². The van der Waals surface area contributed by atoms with Gasteiger partial charge in [-0.25, -0.2) is 4.79 Å². The van der Waals surface area contributed by atoms with Crippen LogP contribution in [0.15, 0.2) is 24.3 Å². The van der Waals surface area contributed by atoms with Gasteiger partial charge in [-0.1, -0.05) is 24.3 Å². The molecule has 1 aromatic carbocycles. The van der Waals surface area contributed by atoms with E-state index in [2.05, 4.69) is 17.4 Å². The average Bonchev–Trinajstić information content (AvgIpc) is 2.93. The molecule has 0 radical (unpaired) electrons. The zero-order valence-corrected chi connectivity index (χ0v) is 12.5. The van der Waals surface area contributed by atoms with Crippen LogP contribution in [0.5, 0.6) is 0 Å². The maximum Gasteiger partial charge on any atom is 0.317 e. The van der Waals surface area contributed by atoms with E-state index in [0.717, 1.165) is 19.3 Å². The predicted molar refractivity (Wildman–Crippen MR) is 81.2 cm³/mol. The van der Waals surface area contributed by atoms with E-state index in [1.165, 1.54) is 11.1 Å². The largest absolute Gasteiger partial charge is 0.395 e. The van der Waals surface area contributed by atoms with Crippen LogP contribution in [-0.2, 0) is 11.2 Å². The molecule has 2 amide bonds. The molecule has 0 heterocycles. The number of urea groups is 1. The molecule has 0 fully saturated rings. The van der Waals surface area contributed by atoms with Crippen LogP contribution >= 0.6 is 0 Å². The van der Waals surface area contributed by atoms with Crippen molar-refractivity contribution in [2.75, 3.05) is 33.4 Å². The summed E-state index contributed by atoms with van der Waals surface area (Å²) in [6, 6.07) is 8.18. The number of aryl methyl sites for hydroxylation is 1. The van der Waals surface area contributed by atoms with Crippen molar-refractivity contribution in [1.82, 2.24) is 10.2 Å². The van der Waals surface area contributed by atoms with Gasteiger partial charge in [0.1, 0.15) is 0 Å². The van der Waals surface area contributed by atoms with Crippen molar-refractivity contribution in [2.45, 2.75) is 25.3 Å². The van der Waals surface area contributed by atoms with Crippen LogP contribution in [-0.4, -0.2) is 49.5 Å². The number of nitrogens with zero attached hydrogens (tertiary/aromatic N) is 1. The summed E-state index contributed by atoms with van der Waals surface area (Å²) in [5.41, 5.74) is 2.51. The third-order valence-electron chi connectivity index (χ3n) is 3.88. The number of methoxy groups -OCH3 is 1. The lowest BCUT2D eigenvalue weighted by molar-refractivity contribution is 0.149. The third kappa shape index (κ3) is 3.95. The Morgan fingerprint density at radius 3 is 3.05 bits per heavy atom. The molecule has 1 aliphatic carbocycles. The number of carbonyl (C=O) groups excluding carboxylic acids is 1. The molecule has 2 N–H and O–H groups in total. The Bertz CT molecular complexity index is 465. The van der Waals surface area contributed by atoms with Crippen molar-refractivity contribution < 1.29 is 14.6 Å². The second-order valence-corrected chi connectivity index (χ2v) is 5.25. The summed E-state index contributed by atoms with van der Waals surface area (Å²) in [6.07, 6.45) is 2.70. The van der Waals surface area contributed by atoms with Crippen LogP contribution in [0.4, 0.5) is 4.79 Å². The summed E-state index contributed by atoms with van der Waals surface area (Å²) in [7, 11) is 1.65. The second kappa shape index (κ2) is 8.00. The summed E-state index contributed by atoms with van der Waals surface area (Å²) < 4.78 is 4.97. The molecule has 0 aliphatic heterocycles. The van der Waals surface area contributed by atoms with Crippen LogP contribution in [0.2, 0.25) is 0 Å². The number of hydrogen-bond donors (Lipinski definition) is 2. The number of ether oxygens (including phenoxy) is 1. The smallest absolute Gasteiger partial charge is 0.317 e. The van der Waals surface area contributed by atoms with E-state index < -0.39 is 0 Å². The molecular formula is C16H24N2O3. The normalized spacial score (nSPS) is 16.6. The zero-order chi connectivity index (χ0) is 15.1. The molecule has 116 valence electrons. The fourth-order valence-corrected chi connectivity index (χ4v) is 2.88. The van der Waals surface area contributed by atoms with Gasteiger partial charge in [0.2, 0.25) is 0 Å². The Hall–Kier alpha value is -1.59. The van der Waals surface area contributed by atoms with E-state index in [4.69, 9.17) is 4.74 Å². The standard InChI is InChI=1S/C16H24N2O3/c1-21-12-4-9-17-16(20)18(10-11-19)15-8-7-13-5-2-3-6-14(13)15/h2-3,5-6,15,19H,4,7-12H2,1H3,(H,17,20). The Kier molecular flexibility index (Phi) is 6.02. The highest BCUT2D eigenvalue weighted by Gasteiger charge is 2.30. The van der Waals surface area contributed by atoms with Crippen molar-refractivity contribution in [1.29, 1.82) is 0 Å². The van der Waals surface area contributed by atoms with Crippen molar-refractivity contribution in [3.05, 3.63) is 35.4 Å². The lowest BCUT2D eigenvalue weighted by Gasteiger charge is -2.29. The van der Waals surface area contributed by atoms with Gasteiger partial charge >= 0.3 is 6.03 Å². The van der Waals surface area contributed by atoms with Crippen LogP contribution in [0.25, 0.3) is 0 Å². The fraction of sp³-hybridized carbons (Fsp3) is 0.562. The maximum atomic E-state index is 12.4. The first-order valence-corrected chi connectivity index (χ1v) is 7.50. The van der Waals surface area contributed by atoms with Crippen molar-refractivity contribution >= 4 is 6.03 Å². The van der Waals surface area contributed by atoms with E-state index in [-0.39, 0.29) is 18.7 Å². The highest BCUT2D eigenvalue weighted by atomic mass is 16.5. The summed E-state index contributed by atoms with van der Waals surface area (Å²) in [4.78, 5) is 14.1. The average molecular weight is 292 g/mol. The Balaban J connectivity index is 2.00. The number of fused-ring (bicyclic) bond motifs is 1. The Morgan fingerprint density at radius 1 is 1.48 bits per heavy atom. The number of hydrogen-bond acceptors (Lipinski definition) is 3. The summed E-state index contributed by atoms with van der Waals surface area (Å²) >= 11 is 0. The SMILES string of the molecule is COCCCNC(=O)N(CCO)C1CCc2ccccc21. The van der Waals surface area contributed by atoms with Crippen molar-refractivity contribution in [2.24, 2.45) is 0 Å². The molecule has 1 aromatic rings. The first-order chi connectivity index (χ1) is 10.3. The molecule has 1 atom stereocenters. The van der Waals surface area contributed by atoms with Crippen molar-refractivity contribution in [3.63, 3.8) is 0 Å². The number of carbonyl (C=O) groups is 1. The first kappa shape index (κ1) is 15.8. The van der Waals surface area contributed by atoms with E-state index in [1.54, 1.807) is 12.0 Å². The molecule has 21 heavy (non-hydrogen) atoms. The highest BCUT2D eigenvalue weighted by Crippen LogP contribution is 2.35. The summed E-state index contributed by atoms with van der Waals surface area (Å²) in [5.74, 6) is 0. The minimum absolute atomic E-state index is 0.0237. The monoisotopic (exact) mass is 292 g/mol. The number of nitrogens with one attached hydrogen (secondary N) is 1. The van der Waals surface area contributed by atoms with E-state index in [1.807, 2.05) is 12.1 Å². The molecule has 2 rings (SSSR count). The number of amides is 2. The first-order valence-electron chi connectivity index (χ1n) is 7.50. The molecular weight excluding hydrogens is 268 g/mol. The molecule has 0 spiro atoms. The number of benzene rings is 1. The molecule has 0 saturated carbocycles. The summed E-state index contributed by atoms with van der Waals surface area (Å²) in [5, 5.41) is 12.2. The van der Waals surface area contributed by atoms with Gasteiger partial charge in [0.15, 0.2) is 0 Å². The molecule has 5 nitrogen and oxygen atoms in total.